The number of carbonyl (C=O) groups is 1. The van der Waals surface area contributed by atoms with Gasteiger partial charge in [0, 0.05) is 19.2 Å². The highest BCUT2D eigenvalue weighted by Crippen LogP contribution is 2.26. The molecule has 2 aromatic carbocycles. The number of nitrogens with zero attached hydrogens (tertiary/aromatic N) is 3. The SMILES string of the molecule is CCCCCCN(C(=O)c1ccc(CC)cc1)C(CC)c1nc2ccccc2c(=O)n1C. The Balaban J connectivity index is 2.03. The maximum absolute atomic E-state index is 13.7. The van der Waals surface area contributed by atoms with Crippen LogP contribution in [0.1, 0.15) is 80.7 Å². The van der Waals surface area contributed by atoms with E-state index in [0.717, 1.165) is 32.1 Å². The van der Waals surface area contributed by atoms with Crippen molar-refractivity contribution in [2.45, 2.75) is 65.3 Å². The molecule has 3 aromatic rings. The summed E-state index contributed by atoms with van der Waals surface area (Å²) in [5, 5.41) is 0.601. The molecule has 1 amide bonds. The lowest BCUT2D eigenvalue weighted by Gasteiger charge is -2.32. The summed E-state index contributed by atoms with van der Waals surface area (Å²) in [6.07, 6.45) is 5.93. The van der Waals surface area contributed by atoms with Crippen LogP contribution in [0.5, 0.6) is 0 Å². The van der Waals surface area contributed by atoms with Gasteiger partial charge in [0.1, 0.15) is 5.82 Å². The molecular weight excluding hydrogens is 398 g/mol. The molecule has 1 heterocycles. The second kappa shape index (κ2) is 11.1. The topological polar surface area (TPSA) is 55.2 Å². The Morgan fingerprint density at radius 1 is 1.00 bits per heavy atom. The van der Waals surface area contributed by atoms with E-state index < -0.39 is 0 Å². The van der Waals surface area contributed by atoms with Crippen LogP contribution in [-0.4, -0.2) is 26.9 Å². The van der Waals surface area contributed by atoms with Crippen LogP contribution < -0.4 is 5.56 Å². The van der Waals surface area contributed by atoms with Crippen molar-refractivity contribution < 1.29 is 4.79 Å². The van der Waals surface area contributed by atoms with Crippen LogP contribution in [-0.2, 0) is 13.5 Å². The normalized spacial score (nSPS) is 12.1. The van der Waals surface area contributed by atoms with Crippen LogP contribution in [0.2, 0.25) is 0 Å². The van der Waals surface area contributed by atoms with Crippen molar-refractivity contribution in [2.24, 2.45) is 7.05 Å². The molecule has 5 heteroatoms. The summed E-state index contributed by atoms with van der Waals surface area (Å²) in [5.74, 6) is 0.642. The number of carbonyl (C=O) groups excluding carboxylic acids is 1. The summed E-state index contributed by atoms with van der Waals surface area (Å²) in [6, 6.07) is 15.0. The van der Waals surface area contributed by atoms with Gasteiger partial charge in [0.25, 0.3) is 11.5 Å². The summed E-state index contributed by atoms with van der Waals surface area (Å²) >= 11 is 0. The molecule has 0 radical (unpaired) electrons. The molecule has 3 rings (SSSR count). The minimum atomic E-state index is -0.266. The number of hydrogen-bond acceptors (Lipinski definition) is 3. The average molecular weight is 434 g/mol. The van der Waals surface area contributed by atoms with Crippen LogP contribution >= 0.6 is 0 Å². The molecule has 1 aromatic heterocycles. The summed E-state index contributed by atoms with van der Waals surface area (Å²) in [6.45, 7) is 6.99. The fourth-order valence-electron chi connectivity index (χ4n) is 4.23. The summed E-state index contributed by atoms with van der Waals surface area (Å²) in [7, 11) is 1.76. The third-order valence-corrected chi connectivity index (χ3v) is 6.20. The van der Waals surface area contributed by atoms with Gasteiger partial charge in [0.15, 0.2) is 0 Å². The molecular formula is C27H35N3O2. The van der Waals surface area contributed by atoms with E-state index in [1.165, 1.54) is 5.56 Å². The number of aromatic nitrogens is 2. The molecule has 0 aliphatic carbocycles. The molecule has 0 bridgehead atoms. The third kappa shape index (κ3) is 5.09. The molecule has 1 atom stereocenters. The van der Waals surface area contributed by atoms with E-state index >= 15 is 0 Å². The molecule has 170 valence electrons. The number of aryl methyl sites for hydroxylation is 1. The zero-order chi connectivity index (χ0) is 23.1. The lowest BCUT2D eigenvalue weighted by molar-refractivity contribution is 0.0653. The van der Waals surface area contributed by atoms with Crippen molar-refractivity contribution in [3.63, 3.8) is 0 Å². The number of unbranched alkanes of at least 4 members (excludes halogenated alkanes) is 3. The fourth-order valence-corrected chi connectivity index (χ4v) is 4.23. The van der Waals surface area contributed by atoms with Crippen molar-refractivity contribution in [3.05, 3.63) is 75.8 Å². The van der Waals surface area contributed by atoms with Crippen LogP contribution in [0.4, 0.5) is 0 Å². The zero-order valence-electron chi connectivity index (χ0n) is 19.8. The number of amides is 1. The van der Waals surface area contributed by atoms with Gasteiger partial charge in [-0.15, -0.1) is 0 Å². The number of rotatable bonds is 10. The molecule has 32 heavy (non-hydrogen) atoms. The van der Waals surface area contributed by atoms with Crippen molar-refractivity contribution in [3.8, 4) is 0 Å². The summed E-state index contributed by atoms with van der Waals surface area (Å²) in [4.78, 5) is 33.4. The number of para-hydroxylation sites is 1. The highest BCUT2D eigenvalue weighted by Gasteiger charge is 2.28. The number of benzene rings is 2. The van der Waals surface area contributed by atoms with E-state index in [-0.39, 0.29) is 17.5 Å². The van der Waals surface area contributed by atoms with E-state index in [1.54, 1.807) is 17.7 Å². The molecule has 0 aliphatic heterocycles. The van der Waals surface area contributed by atoms with Crippen LogP contribution in [0.25, 0.3) is 10.9 Å². The van der Waals surface area contributed by atoms with Gasteiger partial charge in [0.2, 0.25) is 0 Å². The lowest BCUT2D eigenvalue weighted by Crippen LogP contribution is -2.39. The van der Waals surface area contributed by atoms with Gasteiger partial charge in [-0.1, -0.05) is 64.3 Å². The quantitative estimate of drug-likeness (QED) is 0.387. The van der Waals surface area contributed by atoms with E-state index in [0.29, 0.717) is 35.3 Å². The number of fused-ring (bicyclic) bond motifs is 1. The maximum atomic E-state index is 13.7. The first-order chi connectivity index (χ1) is 15.5. The first-order valence-electron chi connectivity index (χ1n) is 11.9. The first-order valence-corrected chi connectivity index (χ1v) is 11.9. The third-order valence-electron chi connectivity index (χ3n) is 6.20. The van der Waals surface area contributed by atoms with E-state index in [2.05, 4.69) is 20.8 Å². The Bertz CT molecular complexity index is 1100. The van der Waals surface area contributed by atoms with Gasteiger partial charge in [-0.25, -0.2) is 4.98 Å². The minimum Gasteiger partial charge on any atom is -0.328 e. The second-order valence-corrected chi connectivity index (χ2v) is 8.39. The van der Waals surface area contributed by atoms with Crippen LogP contribution in [0.15, 0.2) is 53.3 Å². The van der Waals surface area contributed by atoms with Gasteiger partial charge < -0.3 is 4.90 Å². The van der Waals surface area contributed by atoms with Gasteiger partial charge in [-0.3, -0.25) is 14.2 Å². The number of hydrogen-bond donors (Lipinski definition) is 0. The van der Waals surface area contributed by atoms with Crippen molar-refractivity contribution in [1.82, 2.24) is 14.5 Å². The smallest absolute Gasteiger partial charge is 0.261 e. The average Bonchev–Trinajstić information content (AvgIpc) is 2.83. The predicted molar refractivity (Wildman–Crippen MR) is 131 cm³/mol. The Morgan fingerprint density at radius 3 is 2.38 bits per heavy atom. The van der Waals surface area contributed by atoms with Gasteiger partial charge in [-0.05, 0) is 49.1 Å². The van der Waals surface area contributed by atoms with Gasteiger partial charge >= 0.3 is 0 Å². The standard InChI is InChI=1S/C27H35N3O2/c1-5-8-9-12-19-30(26(31)21-17-15-20(6-2)16-18-21)24(7-3)25-28-23-14-11-10-13-22(23)27(32)29(25)4/h10-11,13-18,24H,5-9,12,19H2,1-4H3. The van der Waals surface area contributed by atoms with E-state index in [9.17, 15) is 9.59 Å². The molecule has 1 unspecified atom stereocenters. The van der Waals surface area contributed by atoms with Gasteiger partial charge in [-0.2, -0.15) is 0 Å². The largest absolute Gasteiger partial charge is 0.328 e. The van der Waals surface area contributed by atoms with Crippen molar-refractivity contribution in [2.75, 3.05) is 6.54 Å². The second-order valence-electron chi connectivity index (χ2n) is 8.39. The molecule has 0 saturated heterocycles. The van der Waals surface area contributed by atoms with Crippen molar-refractivity contribution >= 4 is 16.8 Å². The Morgan fingerprint density at radius 2 is 1.72 bits per heavy atom. The Labute approximate surface area is 191 Å². The highest BCUT2D eigenvalue weighted by molar-refractivity contribution is 5.94. The molecule has 0 N–H and O–H groups in total. The minimum absolute atomic E-state index is 0.00147. The Kier molecular flexibility index (Phi) is 8.20. The highest BCUT2D eigenvalue weighted by atomic mass is 16.2. The lowest BCUT2D eigenvalue weighted by atomic mass is 10.1. The monoisotopic (exact) mass is 433 g/mol. The van der Waals surface area contributed by atoms with Crippen molar-refractivity contribution in [1.29, 1.82) is 0 Å². The Hall–Kier alpha value is -2.95. The summed E-state index contributed by atoms with van der Waals surface area (Å²) < 4.78 is 1.61. The van der Waals surface area contributed by atoms with Crippen LogP contribution in [0, 0.1) is 0 Å². The molecule has 5 nitrogen and oxygen atoms in total. The predicted octanol–water partition coefficient (Wildman–Crippen LogP) is 5.67. The van der Waals surface area contributed by atoms with E-state index in [4.69, 9.17) is 4.98 Å². The first kappa shape index (κ1) is 23.7. The van der Waals surface area contributed by atoms with Crippen LogP contribution in [0.3, 0.4) is 0 Å². The fraction of sp³-hybridized carbons (Fsp3) is 0.444. The zero-order valence-corrected chi connectivity index (χ0v) is 19.8. The molecule has 0 spiro atoms. The molecule has 0 fully saturated rings. The van der Waals surface area contributed by atoms with Gasteiger partial charge in [0.05, 0.1) is 16.9 Å². The molecule has 0 saturated carbocycles. The van der Waals surface area contributed by atoms with E-state index in [1.807, 2.05) is 47.4 Å². The molecule has 0 aliphatic rings. The maximum Gasteiger partial charge on any atom is 0.261 e. The summed E-state index contributed by atoms with van der Waals surface area (Å²) in [5.41, 5.74) is 2.49.